The fourth-order valence-electron chi connectivity index (χ4n) is 1.85. The Kier molecular flexibility index (Phi) is 9.42. The van der Waals surface area contributed by atoms with Gasteiger partial charge in [0.15, 0.2) is 0 Å². The van der Waals surface area contributed by atoms with Crippen LogP contribution in [0, 0.1) is 11.8 Å². The van der Waals surface area contributed by atoms with E-state index in [1.165, 1.54) is 0 Å². The van der Waals surface area contributed by atoms with Crippen LogP contribution >= 0.6 is 0 Å². The number of hydrogen-bond acceptors (Lipinski definition) is 2. The summed E-state index contributed by atoms with van der Waals surface area (Å²) in [5.41, 5.74) is 0. The first-order valence-electron chi connectivity index (χ1n) is 6.00. The van der Waals surface area contributed by atoms with Gasteiger partial charge < -0.3 is 10.2 Å². The van der Waals surface area contributed by atoms with Crippen molar-refractivity contribution < 1.29 is 10.2 Å². The van der Waals surface area contributed by atoms with Crippen molar-refractivity contribution >= 4 is 0 Å². The van der Waals surface area contributed by atoms with Gasteiger partial charge in [-0.1, -0.05) is 33.1 Å². The molecule has 2 atom stereocenters. The van der Waals surface area contributed by atoms with Gasteiger partial charge in [-0.2, -0.15) is 0 Å². The molecule has 0 bridgehead atoms. The second-order valence-corrected chi connectivity index (χ2v) is 4.23. The van der Waals surface area contributed by atoms with E-state index < -0.39 is 0 Å². The van der Waals surface area contributed by atoms with Crippen molar-refractivity contribution in [3.63, 3.8) is 0 Å². The first-order valence-corrected chi connectivity index (χ1v) is 6.00. The Bertz CT molecular complexity index is 111. The summed E-state index contributed by atoms with van der Waals surface area (Å²) in [7, 11) is 0. The lowest BCUT2D eigenvalue weighted by Gasteiger charge is -2.15. The van der Waals surface area contributed by atoms with Crippen molar-refractivity contribution in [3.05, 3.63) is 0 Å². The normalized spacial score (nSPS) is 15.4. The summed E-state index contributed by atoms with van der Waals surface area (Å²) in [5.74, 6) is 0.951. The molecule has 0 fully saturated rings. The van der Waals surface area contributed by atoms with Crippen LogP contribution in [0.15, 0.2) is 0 Å². The molecule has 0 spiro atoms. The molecular formula is C12H26O2. The maximum atomic E-state index is 9.09. The van der Waals surface area contributed by atoms with E-state index in [9.17, 15) is 0 Å². The lowest BCUT2D eigenvalue weighted by molar-refractivity contribution is 0.189. The molecule has 0 aliphatic heterocycles. The van der Waals surface area contributed by atoms with Gasteiger partial charge in [0.1, 0.15) is 0 Å². The second-order valence-electron chi connectivity index (χ2n) is 4.23. The van der Waals surface area contributed by atoms with Crippen LogP contribution in [0.25, 0.3) is 0 Å². The Hall–Kier alpha value is -0.0800. The summed E-state index contributed by atoms with van der Waals surface area (Å²) in [6, 6.07) is 0. The SMILES string of the molecule is CCCC(CO)CCCC(CC)CO. The average molecular weight is 202 g/mol. The summed E-state index contributed by atoms with van der Waals surface area (Å²) in [6.45, 7) is 4.92. The Labute approximate surface area is 88.3 Å². The van der Waals surface area contributed by atoms with Crippen LogP contribution in [0.4, 0.5) is 0 Å². The zero-order valence-corrected chi connectivity index (χ0v) is 9.71. The largest absolute Gasteiger partial charge is 0.396 e. The molecule has 0 aromatic rings. The van der Waals surface area contributed by atoms with E-state index in [0.717, 1.165) is 38.5 Å². The van der Waals surface area contributed by atoms with Crippen LogP contribution in [-0.4, -0.2) is 23.4 Å². The summed E-state index contributed by atoms with van der Waals surface area (Å²) >= 11 is 0. The van der Waals surface area contributed by atoms with Gasteiger partial charge in [-0.3, -0.25) is 0 Å². The van der Waals surface area contributed by atoms with Crippen molar-refractivity contribution in [3.8, 4) is 0 Å². The highest BCUT2D eigenvalue weighted by molar-refractivity contribution is 4.60. The summed E-state index contributed by atoms with van der Waals surface area (Å²) in [4.78, 5) is 0. The third-order valence-corrected chi connectivity index (χ3v) is 3.02. The van der Waals surface area contributed by atoms with Gasteiger partial charge in [0.05, 0.1) is 0 Å². The van der Waals surface area contributed by atoms with Crippen molar-refractivity contribution in [2.75, 3.05) is 13.2 Å². The van der Waals surface area contributed by atoms with E-state index in [-0.39, 0.29) is 0 Å². The van der Waals surface area contributed by atoms with Gasteiger partial charge in [0, 0.05) is 13.2 Å². The zero-order chi connectivity index (χ0) is 10.8. The Morgan fingerprint density at radius 2 is 1.43 bits per heavy atom. The Morgan fingerprint density at radius 3 is 1.86 bits per heavy atom. The number of aliphatic hydroxyl groups excluding tert-OH is 2. The van der Waals surface area contributed by atoms with Gasteiger partial charge in [0.25, 0.3) is 0 Å². The fraction of sp³-hybridized carbons (Fsp3) is 1.00. The molecule has 0 heterocycles. The molecular weight excluding hydrogens is 176 g/mol. The predicted molar refractivity (Wildman–Crippen MR) is 60.2 cm³/mol. The van der Waals surface area contributed by atoms with E-state index in [1.807, 2.05) is 0 Å². The minimum atomic E-state index is 0.314. The van der Waals surface area contributed by atoms with Crippen LogP contribution in [0.3, 0.4) is 0 Å². The average Bonchev–Trinajstić information content (AvgIpc) is 2.23. The van der Waals surface area contributed by atoms with Crippen LogP contribution in [0.1, 0.15) is 52.4 Å². The molecule has 0 amide bonds. The monoisotopic (exact) mass is 202 g/mol. The lowest BCUT2D eigenvalue weighted by atomic mass is 9.93. The van der Waals surface area contributed by atoms with Gasteiger partial charge in [0.2, 0.25) is 0 Å². The Morgan fingerprint density at radius 1 is 0.857 bits per heavy atom. The van der Waals surface area contributed by atoms with Crippen LogP contribution in [-0.2, 0) is 0 Å². The fourth-order valence-corrected chi connectivity index (χ4v) is 1.85. The van der Waals surface area contributed by atoms with E-state index >= 15 is 0 Å². The lowest BCUT2D eigenvalue weighted by Crippen LogP contribution is -2.08. The highest BCUT2D eigenvalue weighted by Gasteiger charge is 2.08. The van der Waals surface area contributed by atoms with Crippen molar-refractivity contribution in [1.29, 1.82) is 0 Å². The van der Waals surface area contributed by atoms with Crippen LogP contribution in [0.2, 0.25) is 0 Å². The minimum Gasteiger partial charge on any atom is -0.396 e. The first-order chi connectivity index (χ1) is 6.78. The maximum Gasteiger partial charge on any atom is 0.0459 e. The predicted octanol–water partition coefficient (Wildman–Crippen LogP) is 2.58. The molecule has 2 heteroatoms. The van der Waals surface area contributed by atoms with Gasteiger partial charge in [-0.25, -0.2) is 0 Å². The van der Waals surface area contributed by atoms with Gasteiger partial charge in [-0.15, -0.1) is 0 Å². The molecule has 2 N–H and O–H groups in total. The molecule has 0 aromatic heterocycles. The standard InChI is InChI=1S/C12H26O2/c1-3-6-12(10-14)8-5-7-11(4-2)9-13/h11-14H,3-10H2,1-2H3. The Balaban J connectivity index is 3.48. The van der Waals surface area contributed by atoms with Crippen molar-refractivity contribution in [1.82, 2.24) is 0 Å². The molecule has 0 rings (SSSR count). The van der Waals surface area contributed by atoms with Crippen LogP contribution in [0.5, 0.6) is 0 Å². The number of rotatable bonds is 9. The number of aliphatic hydroxyl groups is 2. The third kappa shape index (κ3) is 6.39. The topological polar surface area (TPSA) is 40.5 Å². The quantitative estimate of drug-likeness (QED) is 0.603. The van der Waals surface area contributed by atoms with Crippen molar-refractivity contribution in [2.45, 2.75) is 52.4 Å². The molecule has 86 valence electrons. The first kappa shape index (κ1) is 13.9. The molecule has 0 aliphatic rings. The van der Waals surface area contributed by atoms with Crippen molar-refractivity contribution in [2.24, 2.45) is 11.8 Å². The summed E-state index contributed by atoms with van der Waals surface area (Å²) in [5, 5.41) is 18.1. The second kappa shape index (κ2) is 9.47. The molecule has 0 saturated carbocycles. The smallest absolute Gasteiger partial charge is 0.0459 e. The molecule has 0 saturated heterocycles. The maximum absolute atomic E-state index is 9.09. The molecule has 2 nitrogen and oxygen atoms in total. The molecule has 14 heavy (non-hydrogen) atoms. The van der Waals surface area contributed by atoms with Gasteiger partial charge >= 0.3 is 0 Å². The van der Waals surface area contributed by atoms with Gasteiger partial charge in [-0.05, 0) is 31.1 Å². The molecule has 0 aliphatic carbocycles. The highest BCUT2D eigenvalue weighted by atomic mass is 16.3. The number of hydrogen-bond donors (Lipinski definition) is 2. The van der Waals surface area contributed by atoms with E-state index in [0.29, 0.717) is 25.0 Å². The third-order valence-electron chi connectivity index (χ3n) is 3.02. The minimum absolute atomic E-state index is 0.314. The molecule has 2 unspecified atom stereocenters. The molecule has 0 aromatic carbocycles. The zero-order valence-electron chi connectivity index (χ0n) is 9.71. The molecule has 0 radical (unpaired) electrons. The van der Waals surface area contributed by atoms with Crippen LogP contribution < -0.4 is 0 Å². The summed E-state index contributed by atoms with van der Waals surface area (Å²) < 4.78 is 0. The van der Waals surface area contributed by atoms with E-state index in [1.54, 1.807) is 0 Å². The highest BCUT2D eigenvalue weighted by Crippen LogP contribution is 2.18. The summed E-state index contributed by atoms with van der Waals surface area (Å²) in [6.07, 6.45) is 6.71. The van der Waals surface area contributed by atoms with E-state index in [2.05, 4.69) is 13.8 Å². The van der Waals surface area contributed by atoms with E-state index in [4.69, 9.17) is 10.2 Å².